The number of H-pyrrole nitrogens is 1. The van der Waals surface area contributed by atoms with E-state index >= 15 is 4.39 Å². The summed E-state index contributed by atoms with van der Waals surface area (Å²) < 4.78 is 91.5. The van der Waals surface area contributed by atoms with Crippen LogP contribution in [0.25, 0.3) is 16.6 Å². The summed E-state index contributed by atoms with van der Waals surface area (Å²) in [6, 6.07) is 11.8. The fourth-order valence-corrected chi connectivity index (χ4v) is 4.86. The van der Waals surface area contributed by atoms with Crippen molar-refractivity contribution in [2.75, 3.05) is 16.7 Å². The molecule has 0 unspecified atom stereocenters. The topological polar surface area (TPSA) is 141 Å². The fraction of sp³-hybridized carbons (Fsp3) is 0.111. The zero-order valence-electron chi connectivity index (χ0n) is 21.8. The third kappa shape index (κ3) is 5.72. The molecular weight excluding hydrogens is 582 g/mol. The Kier molecular flexibility index (Phi) is 7.28. The maximum absolute atomic E-state index is 15.2. The summed E-state index contributed by atoms with van der Waals surface area (Å²) >= 11 is 0. The first-order valence-electron chi connectivity index (χ1n) is 12.0. The molecule has 0 aliphatic heterocycles. The number of nitrogens with two attached hydrogens (primary N) is 1. The Morgan fingerprint density at radius 3 is 2.48 bits per heavy atom. The molecule has 0 saturated heterocycles. The second-order valence-corrected chi connectivity index (χ2v) is 10.9. The number of halogens is 4. The number of anilines is 2. The van der Waals surface area contributed by atoms with Crippen LogP contribution in [-0.2, 0) is 10.0 Å². The van der Waals surface area contributed by atoms with Crippen LogP contribution in [0.1, 0.15) is 21.6 Å². The van der Waals surface area contributed by atoms with Crippen LogP contribution in [0.2, 0.25) is 0 Å². The molecular formula is C27H21F4N5O5S. The van der Waals surface area contributed by atoms with Gasteiger partial charge in [-0.15, -0.1) is 0 Å². The lowest BCUT2D eigenvalue weighted by molar-refractivity contribution is -0.0492. The molecule has 10 nitrogen and oxygen atoms in total. The van der Waals surface area contributed by atoms with Gasteiger partial charge in [-0.2, -0.15) is 13.9 Å². The molecule has 0 spiro atoms. The van der Waals surface area contributed by atoms with E-state index in [-0.39, 0.29) is 50.9 Å². The van der Waals surface area contributed by atoms with E-state index in [1.807, 2.05) is 0 Å². The molecule has 0 amide bonds. The fourth-order valence-electron chi connectivity index (χ4n) is 4.30. The number of carbonyl (C=O) groups excluding carboxylic acids is 1. The van der Waals surface area contributed by atoms with Gasteiger partial charge in [0.05, 0.1) is 29.4 Å². The second-order valence-electron chi connectivity index (χ2n) is 9.16. The first-order valence-corrected chi connectivity index (χ1v) is 13.9. The second kappa shape index (κ2) is 10.7. The lowest BCUT2D eigenvalue weighted by Crippen LogP contribution is -2.12. The molecule has 2 heterocycles. The largest absolute Gasteiger partial charge is 0.454 e. The Labute approximate surface area is 235 Å². The van der Waals surface area contributed by atoms with Crippen LogP contribution >= 0.6 is 0 Å². The monoisotopic (exact) mass is 603 g/mol. The van der Waals surface area contributed by atoms with Gasteiger partial charge in [-0.25, -0.2) is 21.9 Å². The molecule has 5 aromatic rings. The molecule has 0 saturated carbocycles. The zero-order valence-corrected chi connectivity index (χ0v) is 22.6. The van der Waals surface area contributed by atoms with Crippen molar-refractivity contribution in [2.24, 2.45) is 0 Å². The van der Waals surface area contributed by atoms with Crippen molar-refractivity contribution in [2.45, 2.75) is 13.5 Å². The standard InChI is InChI=1S/C27H21F4N5O5S/c1-13-7-15(40-22-6-4-3-5-17(22)28)10-18(29)24(13)36-26(32)16(12-33-36)25(37)21-8-14-9-23(41-27(30)31)20(11-19(14)34-21)35-42(2,38)39/h3-12,27,34-35H,32H2,1-2H3. The Morgan fingerprint density at radius 2 is 1.81 bits per heavy atom. The molecule has 0 atom stereocenters. The molecule has 15 heteroatoms. The number of aryl methyl sites for hydroxylation is 1. The van der Waals surface area contributed by atoms with Crippen molar-refractivity contribution in [3.8, 4) is 22.9 Å². The minimum absolute atomic E-state index is 0.0267. The number of aromatic nitrogens is 3. The van der Waals surface area contributed by atoms with Crippen LogP contribution in [0.15, 0.2) is 60.8 Å². The molecule has 3 aromatic carbocycles. The lowest BCUT2D eigenvalue weighted by atomic mass is 10.1. The lowest BCUT2D eigenvalue weighted by Gasteiger charge is -2.13. The van der Waals surface area contributed by atoms with Gasteiger partial charge in [0.25, 0.3) is 0 Å². The van der Waals surface area contributed by atoms with Gasteiger partial charge in [-0.3, -0.25) is 9.52 Å². The van der Waals surface area contributed by atoms with E-state index in [1.54, 1.807) is 13.0 Å². The predicted octanol–water partition coefficient (Wildman–Crippen LogP) is 5.52. The van der Waals surface area contributed by atoms with Gasteiger partial charge >= 0.3 is 6.61 Å². The van der Waals surface area contributed by atoms with Crippen molar-refractivity contribution < 1.29 is 40.2 Å². The smallest absolute Gasteiger partial charge is 0.387 e. The number of nitrogens with zero attached hydrogens (tertiary/aromatic N) is 2. The van der Waals surface area contributed by atoms with E-state index in [4.69, 9.17) is 10.5 Å². The van der Waals surface area contributed by atoms with Crippen LogP contribution in [0.5, 0.6) is 17.2 Å². The number of hydrogen-bond acceptors (Lipinski definition) is 7. The van der Waals surface area contributed by atoms with Crippen LogP contribution in [-0.4, -0.2) is 41.8 Å². The first kappa shape index (κ1) is 28.5. The van der Waals surface area contributed by atoms with E-state index in [0.717, 1.165) is 29.3 Å². The van der Waals surface area contributed by atoms with Crippen molar-refractivity contribution in [3.05, 3.63) is 89.2 Å². The van der Waals surface area contributed by atoms with Crippen molar-refractivity contribution >= 4 is 38.2 Å². The Morgan fingerprint density at radius 1 is 1.07 bits per heavy atom. The van der Waals surface area contributed by atoms with Gasteiger partial charge in [0.1, 0.15) is 17.3 Å². The van der Waals surface area contributed by atoms with Gasteiger partial charge in [-0.1, -0.05) is 12.1 Å². The number of fused-ring (bicyclic) bond motifs is 1. The number of para-hydroxylation sites is 1. The molecule has 0 aliphatic rings. The average molecular weight is 604 g/mol. The predicted molar refractivity (Wildman–Crippen MR) is 146 cm³/mol. The summed E-state index contributed by atoms with van der Waals surface area (Å²) in [6.45, 7) is -1.69. The average Bonchev–Trinajstić information content (AvgIpc) is 3.47. The van der Waals surface area contributed by atoms with Crippen molar-refractivity contribution in [1.29, 1.82) is 0 Å². The maximum atomic E-state index is 15.2. The van der Waals surface area contributed by atoms with E-state index in [1.165, 1.54) is 36.4 Å². The minimum atomic E-state index is -3.85. The number of ketones is 1. The summed E-state index contributed by atoms with van der Waals surface area (Å²) in [5.41, 5.74) is 6.25. The van der Waals surface area contributed by atoms with Gasteiger partial charge in [0.2, 0.25) is 15.8 Å². The number of carbonyl (C=O) groups is 1. The number of alkyl halides is 2. The Bertz CT molecular complexity index is 1930. The normalized spacial score (nSPS) is 11.7. The van der Waals surface area contributed by atoms with Gasteiger partial charge in [-0.05, 0) is 48.9 Å². The summed E-state index contributed by atoms with van der Waals surface area (Å²) in [6.07, 6.45) is 1.97. The van der Waals surface area contributed by atoms with Crippen molar-refractivity contribution in [3.63, 3.8) is 0 Å². The molecule has 5 rings (SSSR count). The molecule has 42 heavy (non-hydrogen) atoms. The van der Waals surface area contributed by atoms with E-state index in [0.29, 0.717) is 5.56 Å². The molecule has 0 radical (unpaired) electrons. The number of benzene rings is 3. The minimum Gasteiger partial charge on any atom is -0.454 e. The number of ether oxygens (including phenoxy) is 2. The molecule has 2 aromatic heterocycles. The maximum Gasteiger partial charge on any atom is 0.387 e. The molecule has 218 valence electrons. The van der Waals surface area contributed by atoms with E-state index in [9.17, 15) is 26.4 Å². The number of rotatable bonds is 9. The SMILES string of the molecule is Cc1cc(Oc2ccccc2F)cc(F)c1-n1ncc(C(=O)c2cc3cc(OC(F)F)c(NS(C)(=O)=O)cc3[nH]2)c1N. The number of sulfonamides is 1. The highest BCUT2D eigenvalue weighted by Crippen LogP contribution is 2.34. The summed E-state index contributed by atoms with van der Waals surface area (Å²) in [4.78, 5) is 16.1. The van der Waals surface area contributed by atoms with Gasteiger partial charge < -0.3 is 20.2 Å². The number of nitrogens with one attached hydrogen (secondary N) is 2. The van der Waals surface area contributed by atoms with Crippen LogP contribution in [0.3, 0.4) is 0 Å². The van der Waals surface area contributed by atoms with Gasteiger partial charge in [0, 0.05) is 17.0 Å². The summed E-state index contributed by atoms with van der Waals surface area (Å²) in [7, 11) is -3.85. The van der Waals surface area contributed by atoms with Gasteiger partial charge in [0.15, 0.2) is 23.1 Å². The highest BCUT2D eigenvalue weighted by Gasteiger charge is 2.23. The number of nitrogen functional groups attached to an aromatic ring is 1. The highest BCUT2D eigenvalue weighted by molar-refractivity contribution is 7.92. The van der Waals surface area contributed by atoms with Crippen LogP contribution < -0.4 is 19.9 Å². The molecule has 4 N–H and O–H groups in total. The van der Waals surface area contributed by atoms with Crippen molar-refractivity contribution in [1.82, 2.24) is 14.8 Å². The van der Waals surface area contributed by atoms with E-state index in [2.05, 4.69) is 19.5 Å². The first-order chi connectivity index (χ1) is 19.8. The third-order valence-corrected chi connectivity index (χ3v) is 6.62. The molecule has 0 bridgehead atoms. The van der Waals surface area contributed by atoms with E-state index < -0.39 is 39.8 Å². The molecule has 0 fully saturated rings. The number of aromatic amines is 1. The third-order valence-electron chi connectivity index (χ3n) is 6.03. The quantitative estimate of drug-likeness (QED) is 0.149. The Hall–Kier alpha value is -5.05. The van der Waals surface area contributed by atoms with Crippen LogP contribution in [0, 0.1) is 18.6 Å². The Balaban J connectivity index is 1.47. The van der Waals surface area contributed by atoms with Crippen LogP contribution in [0.4, 0.5) is 29.1 Å². The highest BCUT2D eigenvalue weighted by atomic mass is 32.2. The number of hydrogen-bond donors (Lipinski definition) is 3. The zero-order chi connectivity index (χ0) is 30.3. The summed E-state index contributed by atoms with van der Waals surface area (Å²) in [5, 5.41) is 4.33. The summed E-state index contributed by atoms with van der Waals surface area (Å²) in [5.74, 6) is -2.83. The molecule has 0 aliphatic carbocycles.